The molecule has 8 heteroatoms. The van der Waals surface area contributed by atoms with Gasteiger partial charge >= 0.3 is 0 Å². The van der Waals surface area contributed by atoms with Gasteiger partial charge in [-0.1, -0.05) is 19.1 Å². The molecule has 0 aliphatic heterocycles. The smallest absolute Gasteiger partial charge is 0.242 e. The molecule has 0 aliphatic carbocycles. The lowest BCUT2D eigenvalue weighted by Crippen LogP contribution is -2.35. The number of benzene rings is 1. The molecule has 1 aromatic carbocycles. The van der Waals surface area contributed by atoms with E-state index >= 15 is 0 Å². The molecule has 7 nitrogen and oxygen atoms in total. The Bertz CT molecular complexity index is 575. The summed E-state index contributed by atoms with van der Waals surface area (Å²) in [5.41, 5.74) is 2.64. The van der Waals surface area contributed by atoms with Crippen LogP contribution in [-0.2, 0) is 14.8 Å². The van der Waals surface area contributed by atoms with Gasteiger partial charge in [0.1, 0.15) is 4.90 Å². The number of hydrogen-bond donors (Lipinski definition) is 4. The Hall–Kier alpha value is -1.64. The van der Waals surface area contributed by atoms with Crippen LogP contribution in [0.25, 0.3) is 0 Å². The maximum absolute atomic E-state index is 12.1. The summed E-state index contributed by atoms with van der Waals surface area (Å²) in [4.78, 5) is 11.6. The molecule has 1 unspecified atom stereocenters. The Morgan fingerprint density at radius 2 is 2.00 bits per heavy atom. The van der Waals surface area contributed by atoms with E-state index in [0.29, 0.717) is 5.69 Å². The number of para-hydroxylation sites is 1. The maximum atomic E-state index is 12.1. The molecule has 1 aromatic rings. The lowest BCUT2D eigenvalue weighted by atomic mass is 10.2. The van der Waals surface area contributed by atoms with Gasteiger partial charge in [-0.2, -0.15) is 0 Å². The molecule has 0 saturated heterocycles. The van der Waals surface area contributed by atoms with Gasteiger partial charge in [-0.3, -0.25) is 10.6 Å². The molecule has 118 valence electrons. The second kappa shape index (κ2) is 7.96. The van der Waals surface area contributed by atoms with Crippen LogP contribution >= 0.6 is 0 Å². The number of sulfonamides is 1. The van der Waals surface area contributed by atoms with Gasteiger partial charge in [-0.05, 0) is 25.5 Å². The van der Waals surface area contributed by atoms with Gasteiger partial charge in [0.2, 0.25) is 15.9 Å². The number of rotatable bonds is 8. The van der Waals surface area contributed by atoms with Crippen molar-refractivity contribution in [3.8, 4) is 0 Å². The SMILES string of the molecule is CCC(C)NC(=O)CCNS(=O)(=O)c1ccccc1NN. The van der Waals surface area contributed by atoms with Crippen LogP contribution in [0.4, 0.5) is 5.69 Å². The van der Waals surface area contributed by atoms with Crippen molar-refractivity contribution in [2.45, 2.75) is 37.6 Å². The van der Waals surface area contributed by atoms with Crippen molar-refractivity contribution in [2.24, 2.45) is 5.84 Å². The van der Waals surface area contributed by atoms with Crippen molar-refractivity contribution < 1.29 is 13.2 Å². The highest BCUT2D eigenvalue weighted by Crippen LogP contribution is 2.19. The largest absolute Gasteiger partial charge is 0.354 e. The summed E-state index contributed by atoms with van der Waals surface area (Å²) in [5, 5.41) is 2.77. The minimum atomic E-state index is -3.71. The number of carbonyl (C=O) groups excluding carboxylic acids is 1. The van der Waals surface area contributed by atoms with Crippen molar-refractivity contribution in [1.29, 1.82) is 0 Å². The molecule has 1 amide bonds. The first-order valence-electron chi connectivity index (χ1n) is 6.75. The van der Waals surface area contributed by atoms with Gasteiger partial charge in [-0.25, -0.2) is 13.1 Å². The number of carbonyl (C=O) groups is 1. The summed E-state index contributed by atoms with van der Waals surface area (Å²) in [7, 11) is -3.71. The standard InChI is InChI=1S/C13H22N4O3S/c1-3-10(2)16-13(18)8-9-15-21(19,20)12-7-5-4-6-11(12)17-14/h4-7,10,15,17H,3,8-9,14H2,1-2H3,(H,16,18). The Labute approximate surface area is 125 Å². The number of hydrazine groups is 1. The van der Waals surface area contributed by atoms with Crippen LogP contribution in [0.15, 0.2) is 29.2 Å². The predicted octanol–water partition coefficient (Wildman–Crippen LogP) is 0.555. The summed E-state index contributed by atoms with van der Waals surface area (Å²) >= 11 is 0. The van der Waals surface area contributed by atoms with Crippen molar-refractivity contribution in [3.63, 3.8) is 0 Å². The lowest BCUT2D eigenvalue weighted by Gasteiger charge is -2.13. The molecular weight excluding hydrogens is 292 g/mol. The van der Waals surface area contributed by atoms with Crippen molar-refractivity contribution >= 4 is 21.6 Å². The molecule has 0 aromatic heterocycles. The molecule has 1 rings (SSSR count). The van der Waals surface area contributed by atoms with Gasteiger partial charge in [0, 0.05) is 19.0 Å². The van der Waals surface area contributed by atoms with Crippen molar-refractivity contribution in [2.75, 3.05) is 12.0 Å². The normalized spacial score (nSPS) is 12.7. The summed E-state index contributed by atoms with van der Waals surface area (Å²) < 4.78 is 26.7. The van der Waals surface area contributed by atoms with E-state index in [0.717, 1.165) is 6.42 Å². The van der Waals surface area contributed by atoms with Gasteiger partial charge in [-0.15, -0.1) is 0 Å². The van der Waals surface area contributed by atoms with Gasteiger partial charge in [0.05, 0.1) is 5.69 Å². The lowest BCUT2D eigenvalue weighted by molar-refractivity contribution is -0.121. The molecule has 0 heterocycles. The van der Waals surface area contributed by atoms with Crippen LogP contribution in [0.2, 0.25) is 0 Å². The van der Waals surface area contributed by atoms with E-state index in [9.17, 15) is 13.2 Å². The second-order valence-corrected chi connectivity index (χ2v) is 6.40. The van der Waals surface area contributed by atoms with E-state index in [1.165, 1.54) is 6.07 Å². The Morgan fingerprint density at radius 1 is 1.33 bits per heavy atom. The van der Waals surface area contributed by atoms with E-state index in [1.807, 2.05) is 13.8 Å². The van der Waals surface area contributed by atoms with E-state index < -0.39 is 10.0 Å². The molecule has 0 saturated carbocycles. The minimum absolute atomic E-state index is 0.0313. The number of nitrogens with one attached hydrogen (secondary N) is 3. The number of nitrogens with two attached hydrogens (primary N) is 1. The van der Waals surface area contributed by atoms with Crippen molar-refractivity contribution in [1.82, 2.24) is 10.0 Å². The monoisotopic (exact) mass is 314 g/mol. The van der Waals surface area contributed by atoms with Gasteiger partial charge in [0.15, 0.2) is 0 Å². The average molecular weight is 314 g/mol. The van der Waals surface area contributed by atoms with Crippen LogP contribution in [0.1, 0.15) is 26.7 Å². The molecular formula is C13H22N4O3S. The van der Waals surface area contributed by atoms with Crippen LogP contribution in [0, 0.1) is 0 Å². The molecule has 0 bridgehead atoms. The first kappa shape index (κ1) is 17.4. The Morgan fingerprint density at radius 3 is 2.62 bits per heavy atom. The van der Waals surface area contributed by atoms with E-state index in [4.69, 9.17) is 5.84 Å². The molecule has 0 spiro atoms. The fourth-order valence-corrected chi connectivity index (χ4v) is 2.85. The minimum Gasteiger partial charge on any atom is -0.354 e. The van der Waals surface area contributed by atoms with Gasteiger partial charge in [0.25, 0.3) is 0 Å². The summed E-state index contributed by atoms with van der Waals surface area (Å²) in [6.45, 7) is 3.89. The average Bonchev–Trinajstić information content (AvgIpc) is 2.46. The first-order chi connectivity index (χ1) is 9.90. The fraction of sp³-hybridized carbons (Fsp3) is 0.462. The highest BCUT2D eigenvalue weighted by Gasteiger charge is 2.17. The number of nitrogen functional groups attached to an aromatic ring is 1. The first-order valence-corrected chi connectivity index (χ1v) is 8.23. The highest BCUT2D eigenvalue weighted by atomic mass is 32.2. The molecule has 21 heavy (non-hydrogen) atoms. The molecule has 0 aliphatic rings. The third kappa shape index (κ3) is 5.33. The topological polar surface area (TPSA) is 113 Å². The summed E-state index contributed by atoms with van der Waals surface area (Å²) in [5.74, 6) is 5.10. The van der Waals surface area contributed by atoms with E-state index in [-0.39, 0.29) is 29.8 Å². The molecule has 5 N–H and O–H groups in total. The summed E-state index contributed by atoms with van der Waals surface area (Å²) in [6.07, 6.45) is 0.912. The Kier molecular flexibility index (Phi) is 6.60. The molecule has 0 radical (unpaired) electrons. The number of hydrogen-bond acceptors (Lipinski definition) is 5. The molecule has 1 atom stereocenters. The molecule has 0 fully saturated rings. The third-order valence-electron chi connectivity index (χ3n) is 3.00. The zero-order chi connectivity index (χ0) is 15.9. The Balaban J connectivity index is 2.60. The highest BCUT2D eigenvalue weighted by molar-refractivity contribution is 7.89. The number of amides is 1. The third-order valence-corrected chi connectivity index (χ3v) is 4.52. The van der Waals surface area contributed by atoms with Gasteiger partial charge < -0.3 is 10.7 Å². The van der Waals surface area contributed by atoms with Crippen LogP contribution < -0.4 is 21.3 Å². The second-order valence-electron chi connectivity index (χ2n) is 4.67. The van der Waals surface area contributed by atoms with E-state index in [1.54, 1.807) is 18.2 Å². The maximum Gasteiger partial charge on any atom is 0.242 e. The van der Waals surface area contributed by atoms with E-state index in [2.05, 4.69) is 15.5 Å². The van der Waals surface area contributed by atoms with Crippen LogP contribution in [0.5, 0.6) is 0 Å². The zero-order valence-corrected chi connectivity index (χ0v) is 13.0. The summed E-state index contributed by atoms with van der Waals surface area (Å²) in [6, 6.07) is 6.36. The number of anilines is 1. The zero-order valence-electron chi connectivity index (χ0n) is 12.2. The quantitative estimate of drug-likeness (QED) is 0.413. The van der Waals surface area contributed by atoms with Crippen LogP contribution in [0.3, 0.4) is 0 Å². The van der Waals surface area contributed by atoms with Crippen LogP contribution in [-0.4, -0.2) is 26.9 Å². The predicted molar refractivity (Wildman–Crippen MR) is 82.0 cm³/mol. The van der Waals surface area contributed by atoms with Crippen molar-refractivity contribution in [3.05, 3.63) is 24.3 Å². The fourth-order valence-electron chi connectivity index (χ4n) is 1.65.